The first kappa shape index (κ1) is 14.4. The SMILES string of the molecule is Cn1ccc(-c2cc(NCCC(O)CO)ccc2N)c1. The predicted molar refractivity (Wildman–Crippen MR) is 81.5 cm³/mol. The van der Waals surface area contributed by atoms with Gasteiger partial charge in [0.1, 0.15) is 0 Å². The molecule has 2 rings (SSSR count). The standard InChI is InChI=1S/C15H21N3O2/c1-18-7-5-11(9-18)14-8-12(2-3-15(14)16)17-6-4-13(20)10-19/h2-3,5,7-9,13,17,19-20H,4,6,10,16H2,1H3. The number of hydrogen-bond donors (Lipinski definition) is 4. The van der Waals surface area contributed by atoms with Crippen LogP contribution in [-0.2, 0) is 7.05 Å². The van der Waals surface area contributed by atoms with E-state index in [4.69, 9.17) is 10.8 Å². The van der Waals surface area contributed by atoms with Gasteiger partial charge in [0.2, 0.25) is 0 Å². The Balaban J connectivity index is 2.09. The smallest absolute Gasteiger partial charge is 0.0787 e. The highest BCUT2D eigenvalue weighted by atomic mass is 16.3. The fourth-order valence-electron chi connectivity index (χ4n) is 2.05. The molecule has 0 saturated carbocycles. The van der Waals surface area contributed by atoms with Gasteiger partial charge in [-0.2, -0.15) is 0 Å². The molecule has 1 unspecified atom stereocenters. The Kier molecular flexibility index (Phi) is 4.65. The van der Waals surface area contributed by atoms with Crippen LogP contribution in [0.4, 0.5) is 11.4 Å². The first-order valence-corrected chi connectivity index (χ1v) is 6.65. The van der Waals surface area contributed by atoms with Crippen molar-refractivity contribution in [2.75, 3.05) is 24.2 Å². The minimum Gasteiger partial charge on any atom is -0.398 e. The molecular formula is C15H21N3O2. The normalized spacial score (nSPS) is 12.3. The zero-order chi connectivity index (χ0) is 14.5. The maximum absolute atomic E-state index is 9.30. The zero-order valence-electron chi connectivity index (χ0n) is 11.6. The van der Waals surface area contributed by atoms with Crippen molar-refractivity contribution in [3.63, 3.8) is 0 Å². The fourth-order valence-corrected chi connectivity index (χ4v) is 2.05. The number of benzene rings is 1. The van der Waals surface area contributed by atoms with Gasteiger partial charge in [-0.25, -0.2) is 0 Å². The number of aliphatic hydroxyl groups excluding tert-OH is 2. The third-order valence-corrected chi connectivity index (χ3v) is 3.21. The summed E-state index contributed by atoms with van der Waals surface area (Å²) in [6.45, 7) is 0.387. The number of aliphatic hydroxyl groups is 2. The molecule has 5 heteroatoms. The van der Waals surface area contributed by atoms with Crippen molar-refractivity contribution in [2.24, 2.45) is 7.05 Å². The number of aromatic nitrogens is 1. The van der Waals surface area contributed by atoms with Gasteiger partial charge < -0.3 is 25.8 Å². The van der Waals surface area contributed by atoms with Gasteiger partial charge in [0.25, 0.3) is 0 Å². The van der Waals surface area contributed by atoms with E-state index in [1.165, 1.54) is 0 Å². The molecule has 0 aliphatic carbocycles. The molecule has 0 saturated heterocycles. The van der Waals surface area contributed by atoms with Crippen molar-refractivity contribution < 1.29 is 10.2 Å². The van der Waals surface area contributed by atoms with E-state index in [-0.39, 0.29) is 6.61 Å². The monoisotopic (exact) mass is 275 g/mol. The first-order valence-electron chi connectivity index (χ1n) is 6.65. The molecule has 5 nitrogen and oxygen atoms in total. The maximum atomic E-state index is 9.30. The van der Waals surface area contributed by atoms with Gasteiger partial charge in [-0.15, -0.1) is 0 Å². The molecule has 0 radical (unpaired) electrons. The minimum absolute atomic E-state index is 0.210. The van der Waals surface area contributed by atoms with Crippen LogP contribution < -0.4 is 11.1 Å². The average Bonchev–Trinajstić information content (AvgIpc) is 2.87. The van der Waals surface area contributed by atoms with Crippen molar-refractivity contribution in [1.82, 2.24) is 4.57 Å². The summed E-state index contributed by atoms with van der Waals surface area (Å²) >= 11 is 0. The second kappa shape index (κ2) is 6.45. The third kappa shape index (κ3) is 3.53. The zero-order valence-corrected chi connectivity index (χ0v) is 11.6. The van der Waals surface area contributed by atoms with Crippen molar-refractivity contribution in [3.05, 3.63) is 36.7 Å². The molecule has 0 fully saturated rings. The quantitative estimate of drug-likeness (QED) is 0.601. The molecule has 1 aromatic heterocycles. The molecule has 0 bridgehead atoms. The van der Waals surface area contributed by atoms with Crippen LogP contribution in [0, 0.1) is 0 Å². The molecule has 5 N–H and O–H groups in total. The number of nitrogen functional groups attached to an aromatic ring is 1. The molecule has 108 valence electrons. The maximum Gasteiger partial charge on any atom is 0.0787 e. The van der Waals surface area contributed by atoms with Gasteiger partial charge in [-0.05, 0) is 30.7 Å². The summed E-state index contributed by atoms with van der Waals surface area (Å²) in [6.07, 6.45) is 3.82. The Morgan fingerprint density at radius 2 is 2.15 bits per heavy atom. The van der Waals surface area contributed by atoms with Crippen LogP contribution in [-0.4, -0.2) is 34.0 Å². The van der Waals surface area contributed by atoms with Gasteiger partial charge in [-0.3, -0.25) is 0 Å². The third-order valence-electron chi connectivity index (χ3n) is 3.21. The molecule has 1 atom stereocenters. The molecular weight excluding hydrogens is 254 g/mol. The summed E-state index contributed by atoms with van der Waals surface area (Å²) in [5.74, 6) is 0. The first-order chi connectivity index (χ1) is 9.60. The predicted octanol–water partition coefficient (Wildman–Crippen LogP) is 1.43. The van der Waals surface area contributed by atoms with E-state index < -0.39 is 6.10 Å². The highest BCUT2D eigenvalue weighted by Gasteiger charge is 2.06. The second-order valence-corrected chi connectivity index (χ2v) is 4.92. The van der Waals surface area contributed by atoms with Crippen molar-refractivity contribution in [1.29, 1.82) is 0 Å². The molecule has 1 heterocycles. The lowest BCUT2D eigenvalue weighted by atomic mass is 10.1. The molecule has 0 aliphatic rings. The van der Waals surface area contributed by atoms with Crippen molar-refractivity contribution >= 4 is 11.4 Å². The van der Waals surface area contributed by atoms with Gasteiger partial charge in [0.05, 0.1) is 12.7 Å². The van der Waals surface area contributed by atoms with Crippen LogP contribution in [0.3, 0.4) is 0 Å². The highest BCUT2D eigenvalue weighted by molar-refractivity contribution is 5.79. The van der Waals surface area contributed by atoms with E-state index in [2.05, 4.69) is 5.32 Å². The molecule has 0 spiro atoms. The van der Waals surface area contributed by atoms with Crippen molar-refractivity contribution in [3.8, 4) is 11.1 Å². The van der Waals surface area contributed by atoms with E-state index in [0.29, 0.717) is 13.0 Å². The number of aryl methyl sites for hydroxylation is 1. The lowest BCUT2D eigenvalue weighted by Gasteiger charge is -2.11. The number of rotatable bonds is 6. The van der Waals surface area contributed by atoms with Gasteiger partial charge >= 0.3 is 0 Å². The van der Waals surface area contributed by atoms with Crippen LogP contribution in [0.25, 0.3) is 11.1 Å². The molecule has 20 heavy (non-hydrogen) atoms. The Hall–Kier alpha value is -1.98. The summed E-state index contributed by atoms with van der Waals surface area (Å²) in [4.78, 5) is 0. The number of nitrogens with one attached hydrogen (secondary N) is 1. The van der Waals surface area contributed by atoms with Gasteiger partial charge in [-0.1, -0.05) is 0 Å². The lowest BCUT2D eigenvalue weighted by molar-refractivity contribution is 0.0911. The Bertz CT molecular complexity index is 566. The van der Waals surface area contributed by atoms with Crippen LogP contribution in [0.15, 0.2) is 36.7 Å². The molecule has 2 aromatic rings. The van der Waals surface area contributed by atoms with E-state index in [0.717, 1.165) is 22.5 Å². The van der Waals surface area contributed by atoms with E-state index in [1.807, 2.05) is 48.3 Å². The average molecular weight is 275 g/mol. The van der Waals surface area contributed by atoms with Crippen LogP contribution in [0.5, 0.6) is 0 Å². The Morgan fingerprint density at radius 1 is 1.35 bits per heavy atom. The number of anilines is 2. The van der Waals surface area contributed by atoms with Gasteiger partial charge in [0.15, 0.2) is 0 Å². The van der Waals surface area contributed by atoms with E-state index in [1.54, 1.807) is 0 Å². The number of nitrogens with zero attached hydrogens (tertiary/aromatic N) is 1. The van der Waals surface area contributed by atoms with Gasteiger partial charge in [0, 0.05) is 48.5 Å². The highest BCUT2D eigenvalue weighted by Crippen LogP contribution is 2.29. The second-order valence-electron chi connectivity index (χ2n) is 4.92. The summed E-state index contributed by atoms with van der Waals surface area (Å²) in [5, 5.41) is 21.3. The van der Waals surface area contributed by atoms with E-state index in [9.17, 15) is 5.11 Å². The summed E-state index contributed by atoms with van der Waals surface area (Å²) in [6, 6.07) is 7.79. The summed E-state index contributed by atoms with van der Waals surface area (Å²) in [7, 11) is 1.97. The number of hydrogen-bond acceptors (Lipinski definition) is 4. The summed E-state index contributed by atoms with van der Waals surface area (Å²) in [5.41, 5.74) is 9.76. The molecule has 0 amide bonds. The Labute approximate surface area is 118 Å². The van der Waals surface area contributed by atoms with Crippen LogP contribution in [0.1, 0.15) is 6.42 Å². The van der Waals surface area contributed by atoms with Crippen LogP contribution in [0.2, 0.25) is 0 Å². The fraction of sp³-hybridized carbons (Fsp3) is 0.333. The topological polar surface area (TPSA) is 83.4 Å². The summed E-state index contributed by atoms with van der Waals surface area (Å²) < 4.78 is 1.98. The largest absolute Gasteiger partial charge is 0.398 e. The van der Waals surface area contributed by atoms with Crippen LogP contribution >= 0.6 is 0 Å². The molecule has 0 aliphatic heterocycles. The van der Waals surface area contributed by atoms with Crippen molar-refractivity contribution in [2.45, 2.75) is 12.5 Å². The molecule has 1 aromatic carbocycles. The van der Waals surface area contributed by atoms with E-state index >= 15 is 0 Å². The Morgan fingerprint density at radius 3 is 2.80 bits per heavy atom. The lowest BCUT2D eigenvalue weighted by Crippen LogP contribution is -2.16. The number of nitrogens with two attached hydrogens (primary N) is 1. The minimum atomic E-state index is -0.676.